The number of benzene rings is 2. The van der Waals surface area contributed by atoms with Gasteiger partial charge in [-0.1, -0.05) is 0 Å². The van der Waals surface area contributed by atoms with Gasteiger partial charge in [-0.2, -0.15) is 0 Å². The molecule has 2 aromatic heterocycles. The van der Waals surface area contributed by atoms with E-state index in [-0.39, 0.29) is 38.3 Å². The van der Waals surface area contributed by atoms with Gasteiger partial charge in [0.25, 0.3) is 0 Å². The minimum absolute atomic E-state index is 0.0656. The van der Waals surface area contributed by atoms with Crippen LogP contribution >= 0.6 is 0 Å². The predicted octanol–water partition coefficient (Wildman–Crippen LogP) is 1.10. The fourth-order valence-corrected chi connectivity index (χ4v) is 2.80. The van der Waals surface area contributed by atoms with Gasteiger partial charge < -0.3 is 29.3 Å². The topological polar surface area (TPSA) is 141 Å². The first-order chi connectivity index (χ1) is 10.9. The highest BCUT2D eigenvalue weighted by Gasteiger charge is 2.24. The van der Waals surface area contributed by atoms with Gasteiger partial charge in [0.05, 0.1) is 22.9 Å². The SMILES string of the molecule is O=c1oc2c(CO)c(O)cc3c(=O)oc4c(O)c(O)cc1c4c23. The van der Waals surface area contributed by atoms with Crippen LogP contribution in [0.15, 0.2) is 30.6 Å². The summed E-state index contributed by atoms with van der Waals surface area (Å²) in [5, 5.41) is 38.9. The molecule has 116 valence electrons. The van der Waals surface area contributed by atoms with Gasteiger partial charge in [0, 0.05) is 10.8 Å². The Morgan fingerprint density at radius 3 is 1.96 bits per heavy atom. The van der Waals surface area contributed by atoms with Gasteiger partial charge in [0.2, 0.25) is 5.75 Å². The van der Waals surface area contributed by atoms with Crippen molar-refractivity contribution in [3.05, 3.63) is 38.5 Å². The molecule has 0 saturated carbocycles. The maximum Gasteiger partial charge on any atom is 0.344 e. The van der Waals surface area contributed by atoms with Crippen LogP contribution in [0, 0.1) is 0 Å². The van der Waals surface area contributed by atoms with Crippen molar-refractivity contribution >= 4 is 32.7 Å². The summed E-state index contributed by atoms with van der Waals surface area (Å²) >= 11 is 0. The van der Waals surface area contributed by atoms with E-state index < -0.39 is 35.1 Å². The number of phenolic OH excluding ortho intramolecular Hbond substituents is 2. The van der Waals surface area contributed by atoms with Crippen molar-refractivity contribution in [3.8, 4) is 17.2 Å². The summed E-state index contributed by atoms with van der Waals surface area (Å²) < 4.78 is 10.1. The second-order valence-corrected chi connectivity index (χ2v) is 5.06. The summed E-state index contributed by atoms with van der Waals surface area (Å²) in [6, 6.07) is 2.08. The van der Waals surface area contributed by atoms with Crippen LogP contribution < -0.4 is 11.3 Å². The molecule has 4 aromatic rings. The molecule has 0 saturated heterocycles. The molecule has 23 heavy (non-hydrogen) atoms. The molecule has 0 aliphatic carbocycles. The van der Waals surface area contributed by atoms with E-state index in [1.165, 1.54) is 0 Å². The average Bonchev–Trinajstić information content (AvgIpc) is 2.51. The zero-order valence-corrected chi connectivity index (χ0v) is 11.3. The lowest BCUT2D eigenvalue weighted by Crippen LogP contribution is -2.08. The van der Waals surface area contributed by atoms with Crippen molar-refractivity contribution in [2.24, 2.45) is 0 Å². The Kier molecular flexibility index (Phi) is 2.41. The number of rotatable bonds is 1. The molecular weight excluding hydrogens is 308 g/mol. The third-order valence-electron chi connectivity index (χ3n) is 3.83. The molecular formula is C15H8O8. The fraction of sp³-hybridized carbons (Fsp3) is 0.0667. The average molecular weight is 316 g/mol. The highest BCUT2D eigenvalue weighted by Crippen LogP contribution is 2.42. The first-order valence-corrected chi connectivity index (χ1v) is 6.47. The maximum absolute atomic E-state index is 12.1. The van der Waals surface area contributed by atoms with E-state index in [0.29, 0.717) is 0 Å². The molecule has 2 aromatic carbocycles. The van der Waals surface area contributed by atoms with Crippen LogP contribution in [0.1, 0.15) is 5.56 Å². The van der Waals surface area contributed by atoms with Gasteiger partial charge in [-0.05, 0) is 12.1 Å². The predicted molar refractivity (Wildman–Crippen MR) is 78.1 cm³/mol. The Hall–Kier alpha value is -3.26. The van der Waals surface area contributed by atoms with E-state index in [4.69, 9.17) is 8.83 Å². The summed E-state index contributed by atoms with van der Waals surface area (Å²) in [7, 11) is 0. The summed E-state index contributed by atoms with van der Waals surface area (Å²) in [5.41, 5.74) is -2.41. The Bertz CT molecular complexity index is 1210. The van der Waals surface area contributed by atoms with E-state index in [0.717, 1.165) is 12.1 Å². The Morgan fingerprint density at radius 1 is 0.826 bits per heavy atom. The molecule has 2 heterocycles. The number of hydrogen-bond acceptors (Lipinski definition) is 8. The Morgan fingerprint density at radius 2 is 1.35 bits per heavy atom. The molecule has 8 nitrogen and oxygen atoms in total. The molecule has 0 amide bonds. The second kappa shape index (κ2) is 4.14. The highest BCUT2D eigenvalue weighted by atomic mass is 16.4. The number of aromatic hydroxyl groups is 3. The molecule has 0 bridgehead atoms. The zero-order valence-electron chi connectivity index (χ0n) is 11.3. The minimum atomic E-state index is -0.904. The van der Waals surface area contributed by atoms with Crippen molar-refractivity contribution < 1.29 is 29.3 Å². The van der Waals surface area contributed by atoms with E-state index in [2.05, 4.69) is 0 Å². The van der Waals surface area contributed by atoms with Gasteiger partial charge in [0.15, 0.2) is 11.3 Å². The lowest BCUT2D eigenvalue weighted by atomic mass is 9.99. The summed E-state index contributed by atoms with van der Waals surface area (Å²) in [6.45, 7) is -0.633. The van der Waals surface area contributed by atoms with E-state index >= 15 is 0 Å². The second-order valence-electron chi connectivity index (χ2n) is 5.06. The molecule has 0 unspecified atom stereocenters. The fourth-order valence-electron chi connectivity index (χ4n) is 2.80. The molecule has 0 spiro atoms. The Labute approximate surface area is 125 Å². The molecule has 0 fully saturated rings. The van der Waals surface area contributed by atoms with Crippen molar-refractivity contribution in [2.75, 3.05) is 0 Å². The van der Waals surface area contributed by atoms with Crippen molar-refractivity contribution in [3.63, 3.8) is 0 Å². The van der Waals surface area contributed by atoms with Crippen LogP contribution in [0.3, 0.4) is 0 Å². The molecule has 0 radical (unpaired) electrons. The number of phenols is 3. The lowest BCUT2D eigenvalue weighted by molar-refractivity contribution is 0.275. The number of hydrogen-bond donors (Lipinski definition) is 4. The lowest BCUT2D eigenvalue weighted by Gasteiger charge is -2.12. The summed E-state index contributed by atoms with van der Waals surface area (Å²) in [6.07, 6.45) is 0. The first-order valence-electron chi connectivity index (χ1n) is 6.47. The minimum Gasteiger partial charge on any atom is -0.507 e. The molecule has 0 aliphatic heterocycles. The first kappa shape index (κ1) is 13.4. The van der Waals surface area contributed by atoms with Gasteiger partial charge in [-0.15, -0.1) is 0 Å². The van der Waals surface area contributed by atoms with Gasteiger partial charge >= 0.3 is 11.3 Å². The summed E-state index contributed by atoms with van der Waals surface area (Å²) in [4.78, 5) is 24.2. The van der Waals surface area contributed by atoms with Crippen LogP contribution in [-0.4, -0.2) is 20.4 Å². The van der Waals surface area contributed by atoms with Crippen LogP contribution in [0.5, 0.6) is 17.2 Å². The third-order valence-corrected chi connectivity index (χ3v) is 3.83. The van der Waals surface area contributed by atoms with Crippen LogP contribution in [0.4, 0.5) is 0 Å². The van der Waals surface area contributed by atoms with Crippen molar-refractivity contribution in [1.82, 2.24) is 0 Å². The quantitative estimate of drug-likeness (QED) is 0.232. The van der Waals surface area contributed by atoms with Crippen molar-refractivity contribution in [1.29, 1.82) is 0 Å². The van der Waals surface area contributed by atoms with Gasteiger partial charge in [-0.25, -0.2) is 9.59 Å². The van der Waals surface area contributed by atoms with Crippen LogP contribution in [-0.2, 0) is 6.61 Å². The van der Waals surface area contributed by atoms with Crippen LogP contribution in [0.25, 0.3) is 32.7 Å². The highest BCUT2D eigenvalue weighted by molar-refractivity contribution is 6.21. The monoisotopic (exact) mass is 316 g/mol. The van der Waals surface area contributed by atoms with E-state index in [9.17, 15) is 30.0 Å². The van der Waals surface area contributed by atoms with E-state index in [1.54, 1.807) is 0 Å². The van der Waals surface area contributed by atoms with Crippen molar-refractivity contribution in [2.45, 2.75) is 6.61 Å². The smallest absolute Gasteiger partial charge is 0.344 e. The largest absolute Gasteiger partial charge is 0.507 e. The third kappa shape index (κ3) is 1.52. The molecule has 4 rings (SSSR count). The maximum atomic E-state index is 12.1. The van der Waals surface area contributed by atoms with Gasteiger partial charge in [0.1, 0.15) is 11.3 Å². The number of aliphatic hydroxyl groups is 1. The molecule has 8 heteroatoms. The molecule has 0 aliphatic rings. The summed E-state index contributed by atoms with van der Waals surface area (Å²) in [5.74, 6) is -1.76. The molecule has 0 atom stereocenters. The standard InChI is InChI=1S/C15H8O8/c16-3-6-7(17)1-4-9-10-5(14(20)22-12(6)9)2-8(18)11(19)13(10)23-15(4)21/h1-2,16-19H,3H2. The van der Waals surface area contributed by atoms with Gasteiger partial charge in [-0.3, -0.25) is 0 Å². The number of aliphatic hydroxyl groups excluding tert-OH is 1. The van der Waals surface area contributed by atoms with E-state index in [1.807, 2.05) is 0 Å². The zero-order chi connectivity index (χ0) is 16.5. The molecule has 4 N–H and O–H groups in total. The van der Waals surface area contributed by atoms with Crippen LogP contribution in [0.2, 0.25) is 0 Å². The Balaban J connectivity index is 2.51. The normalized spacial score (nSPS) is 11.9.